The Morgan fingerprint density at radius 2 is 1.81 bits per heavy atom. The monoisotopic (exact) mass is 388 g/mol. The van der Waals surface area contributed by atoms with Crippen LogP contribution in [0.5, 0.6) is 0 Å². The van der Waals surface area contributed by atoms with Gasteiger partial charge in [0, 0.05) is 6.54 Å². The Morgan fingerprint density at radius 3 is 2.41 bits per heavy atom. The van der Waals surface area contributed by atoms with E-state index in [1.807, 2.05) is 38.1 Å². The van der Waals surface area contributed by atoms with E-state index in [-0.39, 0.29) is 5.91 Å². The van der Waals surface area contributed by atoms with E-state index < -0.39 is 16.1 Å². The highest BCUT2D eigenvalue weighted by Crippen LogP contribution is 2.23. The lowest BCUT2D eigenvalue weighted by molar-refractivity contribution is -0.122. The predicted molar refractivity (Wildman–Crippen MR) is 110 cm³/mol. The van der Waals surface area contributed by atoms with Crippen LogP contribution in [0.15, 0.2) is 54.6 Å². The molecule has 2 rings (SSSR count). The highest BCUT2D eigenvalue weighted by Gasteiger charge is 2.31. The van der Waals surface area contributed by atoms with Gasteiger partial charge in [0.25, 0.3) is 0 Å². The minimum atomic E-state index is -3.59. The molecule has 0 aliphatic carbocycles. The van der Waals surface area contributed by atoms with Gasteiger partial charge in [0.05, 0.1) is 11.9 Å². The molecule has 1 amide bonds. The summed E-state index contributed by atoms with van der Waals surface area (Å²) < 4.78 is 26.0. The number of carbonyl (C=O) groups is 1. The van der Waals surface area contributed by atoms with Gasteiger partial charge in [-0.05, 0) is 49.4 Å². The average molecular weight is 389 g/mol. The SMILES string of the molecule is CC[C@@H](C(=O)NCCCc1ccccc1)N(c1cccc(C)c1)S(C)(=O)=O. The van der Waals surface area contributed by atoms with Crippen LogP contribution < -0.4 is 9.62 Å². The highest BCUT2D eigenvalue weighted by molar-refractivity contribution is 7.92. The lowest BCUT2D eigenvalue weighted by Gasteiger charge is -2.30. The van der Waals surface area contributed by atoms with Gasteiger partial charge < -0.3 is 5.32 Å². The van der Waals surface area contributed by atoms with Crippen LogP contribution in [0, 0.1) is 6.92 Å². The van der Waals surface area contributed by atoms with E-state index in [9.17, 15) is 13.2 Å². The molecule has 0 saturated carbocycles. The Balaban J connectivity index is 2.06. The van der Waals surface area contributed by atoms with Gasteiger partial charge in [-0.25, -0.2) is 8.42 Å². The third kappa shape index (κ3) is 6.10. The first-order chi connectivity index (χ1) is 12.8. The second-order valence-corrected chi connectivity index (χ2v) is 8.56. The number of benzene rings is 2. The summed E-state index contributed by atoms with van der Waals surface area (Å²) in [6, 6.07) is 16.5. The van der Waals surface area contributed by atoms with Gasteiger partial charge >= 0.3 is 0 Å². The second-order valence-electron chi connectivity index (χ2n) is 6.70. The molecule has 5 nitrogen and oxygen atoms in total. The Labute approximate surface area is 162 Å². The van der Waals surface area contributed by atoms with Crippen LogP contribution in [0.2, 0.25) is 0 Å². The van der Waals surface area contributed by atoms with Gasteiger partial charge in [-0.1, -0.05) is 49.4 Å². The Hall–Kier alpha value is -2.34. The summed E-state index contributed by atoms with van der Waals surface area (Å²) in [7, 11) is -3.59. The third-order valence-corrected chi connectivity index (χ3v) is 5.55. The predicted octanol–water partition coefficient (Wildman–Crippen LogP) is 3.29. The van der Waals surface area contributed by atoms with Crippen molar-refractivity contribution in [3.63, 3.8) is 0 Å². The number of hydrogen-bond acceptors (Lipinski definition) is 3. The van der Waals surface area contributed by atoms with E-state index in [1.54, 1.807) is 18.2 Å². The zero-order chi connectivity index (χ0) is 19.9. The summed E-state index contributed by atoms with van der Waals surface area (Å²) >= 11 is 0. The van der Waals surface area contributed by atoms with Crippen LogP contribution in [-0.4, -0.2) is 33.2 Å². The van der Waals surface area contributed by atoms with Crippen LogP contribution in [0.3, 0.4) is 0 Å². The molecule has 0 bridgehead atoms. The number of anilines is 1. The van der Waals surface area contributed by atoms with E-state index in [4.69, 9.17) is 0 Å². The average Bonchev–Trinajstić information content (AvgIpc) is 2.62. The van der Waals surface area contributed by atoms with Crippen LogP contribution in [0.25, 0.3) is 0 Å². The van der Waals surface area contributed by atoms with E-state index in [0.717, 1.165) is 24.7 Å². The van der Waals surface area contributed by atoms with Crippen LogP contribution >= 0.6 is 0 Å². The molecule has 6 heteroatoms. The van der Waals surface area contributed by atoms with Gasteiger partial charge in [-0.15, -0.1) is 0 Å². The van der Waals surface area contributed by atoms with Crippen molar-refractivity contribution in [3.05, 3.63) is 65.7 Å². The zero-order valence-electron chi connectivity index (χ0n) is 16.2. The number of amides is 1. The topological polar surface area (TPSA) is 66.5 Å². The lowest BCUT2D eigenvalue weighted by Crippen LogP contribution is -2.49. The molecule has 0 aromatic heterocycles. The van der Waals surface area contributed by atoms with E-state index in [0.29, 0.717) is 18.7 Å². The molecule has 1 N–H and O–H groups in total. The van der Waals surface area contributed by atoms with E-state index >= 15 is 0 Å². The number of carbonyl (C=O) groups excluding carboxylic acids is 1. The molecule has 0 unspecified atom stereocenters. The fourth-order valence-corrected chi connectivity index (χ4v) is 4.30. The quantitative estimate of drug-likeness (QED) is 0.671. The molecule has 0 saturated heterocycles. The van der Waals surface area contributed by atoms with Crippen molar-refractivity contribution in [3.8, 4) is 0 Å². The maximum atomic E-state index is 12.7. The third-order valence-electron chi connectivity index (χ3n) is 4.37. The van der Waals surface area contributed by atoms with Crippen molar-refractivity contribution in [1.82, 2.24) is 5.32 Å². The van der Waals surface area contributed by atoms with Gasteiger partial charge in [0.1, 0.15) is 6.04 Å². The summed E-state index contributed by atoms with van der Waals surface area (Å²) in [6.07, 6.45) is 3.20. The smallest absolute Gasteiger partial charge is 0.243 e. The van der Waals surface area contributed by atoms with Gasteiger partial charge in [0.2, 0.25) is 15.9 Å². The van der Waals surface area contributed by atoms with Crippen LogP contribution in [0.1, 0.15) is 30.9 Å². The van der Waals surface area contributed by atoms with E-state index in [2.05, 4.69) is 17.4 Å². The fourth-order valence-electron chi connectivity index (χ4n) is 3.09. The summed E-state index contributed by atoms with van der Waals surface area (Å²) in [5, 5.41) is 2.90. The molecule has 2 aromatic carbocycles. The number of sulfonamides is 1. The minimum Gasteiger partial charge on any atom is -0.354 e. The molecular formula is C21H28N2O3S. The van der Waals surface area contributed by atoms with Crippen LogP contribution in [0.4, 0.5) is 5.69 Å². The molecule has 0 heterocycles. The molecule has 0 spiro atoms. The molecule has 146 valence electrons. The summed E-state index contributed by atoms with van der Waals surface area (Å²) in [5.41, 5.74) is 2.68. The largest absolute Gasteiger partial charge is 0.354 e. The first kappa shape index (κ1) is 21.0. The van der Waals surface area contributed by atoms with Crippen molar-refractivity contribution in [2.75, 3.05) is 17.1 Å². The zero-order valence-corrected chi connectivity index (χ0v) is 17.0. The molecule has 1 atom stereocenters. The highest BCUT2D eigenvalue weighted by atomic mass is 32.2. The first-order valence-corrected chi connectivity index (χ1v) is 11.1. The molecule has 0 aliphatic rings. The Kier molecular flexibility index (Phi) is 7.42. The number of aryl methyl sites for hydroxylation is 2. The fraction of sp³-hybridized carbons (Fsp3) is 0.381. The molecule has 0 fully saturated rings. The normalized spacial score (nSPS) is 12.4. The van der Waals surface area contributed by atoms with Crippen molar-refractivity contribution in [2.45, 2.75) is 39.2 Å². The summed E-state index contributed by atoms with van der Waals surface area (Å²) in [6.45, 7) is 4.23. The second kappa shape index (κ2) is 9.55. The maximum Gasteiger partial charge on any atom is 0.243 e. The molecular weight excluding hydrogens is 360 g/mol. The van der Waals surface area contributed by atoms with Gasteiger partial charge in [0.15, 0.2) is 0 Å². The van der Waals surface area contributed by atoms with Gasteiger partial charge in [-0.2, -0.15) is 0 Å². The molecule has 0 aliphatic heterocycles. The Morgan fingerprint density at radius 1 is 1.11 bits per heavy atom. The standard InChI is InChI=1S/C21H28N2O3S/c1-4-20(21(24)22-15-9-13-18-11-6-5-7-12-18)23(27(3,25)26)19-14-8-10-17(2)16-19/h5-8,10-12,14,16,20H,4,9,13,15H2,1-3H3,(H,22,24)/t20-/m0/s1. The van der Waals surface area contributed by atoms with Crippen LogP contribution in [-0.2, 0) is 21.2 Å². The Bertz CT molecular complexity index is 851. The number of hydrogen-bond donors (Lipinski definition) is 1. The van der Waals surface area contributed by atoms with Gasteiger partial charge in [-0.3, -0.25) is 9.10 Å². The lowest BCUT2D eigenvalue weighted by atomic mass is 10.1. The van der Waals surface area contributed by atoms with Crippen molar-refractivity contribution in [2.24, 2.45) is 0 Å². The number of nitrogens with one attached hydrogen (secondary N) is 1. The minimum absolute atomic E-state index is 0.266. The first-order valence-electron chi connectivity index (χ1n) is 9.20. The number of nitrogens with zero attached hydrogens (tertiary/aromatic N) is 1. The molecule has 2 aromatic rings. The number of rotatable bonds is 9. The van der Waals surface area contributed by atoms with Crippen molar-refractivity contribution >= 4 is 21.6 Å². The van der Waals surface area contributed by atoms with E-state index in [1.165, 1.54) is 9.87 Å². The van der Waals surface area contributed by atoms with Crippen molar-refractivity contribution < 1.29 is 13.2 Å². The molecule has 0 radical (unpaired) electrons. The van der Waals surface area contributed by atoms with Crippen molar-refractivity contribution in [1.29, 1.82) is 0 Å². The maximum absolute atomic E-state index is 12.7. The summed E-state index contributed by atoms with van der Waals surface area (Å²) in [4.78, 5) is 12.7. The molecule has 27 heavy (non-hydrogen) atoms. The summed E-state index contributed by atoms with van der Waals surface area (Å²) in [5.74, 6) is -0.266.